The molecule has 0 radical (unpaired) electrons. The summed E-state index contributed by atoms with van der Waals surface area (Å²) in [5.74, 6) is 0.796. The Labute approximate surface area is 158 Å². The lowest BCUT2D eigenvalue weighted by molar-refractivity contribution is -0.122. The van der Waals surface area contributed by atoms with E-state index in [1.807, 2.05) is 28.4 Å². The first-order chi connectivity index (χ1) is 12.8. The second kappa shape index (κ2) is 8.33. The van der Waals surface area contributed by atoms with E-state index in [2.05, 4.69) is 21.4 Å². The summed E-state index contributed by atoms with van der Waals surface area (Å²) in [7, 11) is 0. The van der Waals surface area contributed by atoms with Crippen LogP contribution in [-0.4, -0.2) is 46.9 Å². The number of hydrogen-bond acceptors (Lipinski definition) is 5. The van der Waals surface area contributed by atoms with Crippen molar-refractivity contribution < 1.29 is 9.53 Å². The van der Waals surface area contributed by atoms with Gasteiger partial charge >= 0.3 is 0 Å². The molecule has 2 aromatic rings. The number of rotatable bonds is 6. The van der Waals surface area contributed by atoms with Crippen LogP contribution in [0.5, 0.6) is 0 Å². The van der Waals surface area contributed by atoms with Gasteiger partial charge in [0.2, 0.25) is 5.91 Å². The van der Waals surface area contributed by atoms with Crippen molar-refractivity contribution in [2.75, 3.05) is 26.3 Å². The van der Waals surface area contributed by atoms with Crippen LogP contribution in [0.25, 0.3) is 0 Å². The number of carbonyl (C=O) groups is 1. The Morgan fingerprint density at radius 3 is 3.04 bits per heavy atom. The normalized spacial score (nSPS) is 21.5. The third-order valence-corrected chi connectivity index (χ3v) is 6.15. The number of aromatic nitrogens is 2. The predicted octanol–water partition coefficient (Wildman–Crippen LogP) is 2.43. The van der Waals surface area contributed by atoms with Crippen LogP contribution in [0.2, 0.25) is 0 Å². The van der Waals surface area contributed by atoms with Gasteiger partial charge in [-0.05, 0) is 36.3 Å². The SMILES string of the molecule is O=C(C[C@@H]1CN(CC2CCOCC2)Cc2ccnn21)NCc1cccs1. The molecule has 1 N–H and O–H groups in total. The minimum atomic E-state index is 0.0952. The third kappa shape index (κ3) is 4.34. The van der Waals surface area contributed by atoms with Gasteiger partial charge in [-0.15, -0.1) is 11.3 Å². The molecule has 0 saturated carbocycles. The number of amides is 1. The number of thiophene rings is 1. The maximum Gasteiger partial charge on any atom is 0.222 e. The number of nitrogens with one attached hydrogen (secondary N) is 1. The molecule has 0 spiro atoms. The number of ether oxygens (including phenoxy) is 1. The highest BCUT2D eigenvalue weighted by Crippen LogP contribution is 2.25. The van der Waals surface area contributed by atoms with Crippen LogP contribution in [0.1, 0.15) is 35.9 Å². The Kier molecular flexibility index (Phi) is 5.67. The fraction of sp³-hybridized carbons (Fsp3) is 0.579. The van der Waals surface area contributed by atoms with E-state index in [1.165, 1.54) is 10.6 Å². The van der Waals surface area contributed by atoms with Gasteiger partial charge in [0.25, 0.3) is 0 Å². The largest absolute Gasteiger partial charge is 0.381 e. The number of fused-ring (bicyclic) bond motifs is 1. The van der Waals surface area contributed by atoms with Gasteiger partial charge < -0.3 is 10.1 Å². The maximum absolute atomic E-state index is 12.5. The van der Waals surface area contributed by atoms with E-state index in [0.717, 1.165) is 45.7 Å². The molecule has 4 heterocycles. The monoisotopic (exact) mass is 374 g/mol. The van der Waals surface area contributed by atoms with E-state index in [0.29, 0.717) is 18.9 Å². The number of hydrogen-bond donors (Lipinski definition) is 1. The molecule has 1 atom stereocenters. The molecule has 0 unspecified atom stereocenters. The Morgan fingerprint density at radius 1 is 1.35 bits per heavy atom. The molecule has 6 nitrogen and oxygen atoms in total. The van der Waals surface area contributed by atoms with Crippen molar-refractivity contribution in [2.45, 2.75) is 38.4 Å². The summed E-state index contributed by atoms with van der Waals surface area (Å²) in [5, 5.41) is 9.56. The van der Waals surface area contributed by atoms with Crippen LogP contribution in [0.15, 0.2) is 29.8 Å². The molecule has 0 bridgehead atoms. The average molecular weight is 375 g/mol. The van der Waals surface area contributed by atoms with Crippen molar-refractivity contribution in [3.8, 4) is 0 Å². The number of carbonyl (C=O) groups excluding carboxylic acids is 1. The van der Waals surface area contributed by atoms with Crippen molar-refractivity contribution in [3.63, 3.8) is 0 Å². The molecular weight excluding hydrogens is 348 g/mol. The zero-order valence-corrected chi connectivity index (χ0v) is 15.8. The minimum absolute atomic E-state index is 0.0952. The number of nitrogens with zero attached hydrogens (tertiary/aromatic N) is 3. The van der Waals surface area contributed by atoms with Crippen molar-refractivity contribution in [1.29, 1.82) is 0 Å². The Bertz CT molecular complexity index is 709. The highest BCUT2D eigenvalue weighted by atomic mass is 32.1. The highest BCUT2D eigenvalue weighted by Gasteiger charge is 2.29. The molecule has 4 rings (SSSR count). The van der Waals surface area contributed by atoms with E-state index in [4.69, 9.17) is 4.74 Å². The van der Waals surface area contributed by atoms with Crippen molar-refractivity contribution >= 4 is 17.2 Å². The van der Waals surface area contributed by atoms with Crippen LogP contribution in [0.4, 0.5) is 0 Å². The Morgan fingerprint density at radius 2 is 2.23 bits per heavy atom. The molecule has 1 amide bonds. The standard InChI is InChI=1S/C19H26N4O2S/c24-19(20-11-18-2-1-9-26-18)10-17-14-22(12-15-4-7-25-8-5-15)13-16-3-6-21-23(16)17/h1-3,6,9,15,17H,4-5,7-8,10-14H2,(H,20,24)/t17-/m1/s1. The van der Waals surface area contributed by atoms with E-state index in [1.54, 1.807) is 11.3 Å². The topological polar surface area (TPSA) is 59.4 Å². The molecule has 0 aromatic carbocycles. The zero-order valence-electron chi connectivity index (χ0n) is 15.0. The first kappa shape index (κ1) is 17.7. The van der Waals surface area contributed by atoms with Crippen LogP contribution in [0, 0.1) is 5.92 Å². The lowest BCUT2D eigenvalue weighted by Gasteiger charge is -2.36. The van der Waals surface area contributed by atoms with Gasteiger partial charge in [0.05, 0.1) is 24.7 Å². The molecule has 1 fully saturated rings. The van der Waals surface area contributed by atoms with Gasteiger partial charge in [0.15, 0.2) is 0 Å². The molecule has 2 aliphatic heterocycles. The van der Waals surface area contributed by atoms with Crippen LogP contribution in [0.3, 0.4) is 0 Å². The summed E-state index contributed by atoms with van der Waals surface area (Å²) in [6.07, 6.45) is 4.61. The lowest BCUT2D eigenvalue weighted by atomic mass is 9.98. The van der Waals surface area contributed by atoms with E-state index < -0.39 is 0 Å². The summed E-state index contributed by atoms with van der Waals surface area (Å²) in [6.45, 7) is 5.27. The fourth-order valence-electron chi connectivity index (χ4n) is 3.93. The van der Waals surface area contributed by atoms with Crippen LogP contribution in [-0.2, 0) is 22.6 Å². The molecule has 140 valence electrons. The molecule has 1 saturated heterocycles. The molecule has 2 aromatic heterocycles. The lowest BCUT2D eigenvalue weighted by Crippen LogP contribution is -2.42. The molecule has 26 heavy (non-hydrogen) atoms. The maximum atomic E-state index is 12.5. The fourth-order valence-corrected chi connectivity index (χ4v) is 4.58. The highest BCUT2D eigenvalue weighted by molar-refractivity contribution is 7.09. The van der Waals surface area contributed by atoms with E-state index in [-0.39, 0.29) is 11.9 Å². The zero-order chi connectivity index (χ0) is 17.8. The first-order valence-electron chi connectivity index (χ1n) is 9.39. The minimum Gasteiger partial charge on any atom is -0.381 e. The molecular formula is C19H26N4O2S. The Hall–Kier alpha value is -1.70. The summed E-state index contributed by atoms with van der Waals surface area (Å²) in [4.78, 5) is 16.1. The third-order valence-electron chi connectivity index (χ3n) is 5.27. The van der Waals surface area contributed by atoms with Gasteiger partial charge in [-0.25, -0.2) is 0 Å². The first-order valence-corrected chi connectivity index (χ1v) is 10.3. The Balaban J connectivity index is 1.35. The van der Waals surface area contributed by atoms with Gasteiger partial charge in [-0.2, -0.15) is 5.10 Å². The second-order valence-corrected chi connectivity index (χ2v) is 8.26. The second-order valence-electron chi connectivity index (χ2n) is 7.23. The molecule has 2 aliphatic rings. The molecule has 0 aliphatic carbocycles. The summed E-state index contributed by atoms with van der Waals surface area (Å²) in [6, 6.07) is 6.24. The summed E-state index contributed by atoms with van der Waals surface area (Å²) < 4.78 is 7.53. The van der Waals surface area contributed by atoms with Crippen molar-refractivity contribution in [2.24, 2.45) is 5.92 Å². The van der Waals surface area contributed by atoms with Crippen molar-refractivity contribution in [1.82, 2.24) is 20.0 Å². The molecule has 7 heteroatoms. The summed E-state index contributed by atoms with van der Waals surface area (Å²) >= 11 is 1.67. The quantitative estimate of drug-likeness (QED) is 0.844. The van der Waals surface area contributed by atoms with Gasteiger partial charge in [0, 0.05) is 43.9 Å². The summed E-state index contributed by atoms with van der Waals surface area (Å²) in [5.41, 5.74) is 1.21. The predicted molar refractivity (Wildman–Crippen MR) is 101 cm³/mol. The smallest absolute Gasteiger partial charge is 0.222 e. The van der Waals surface area contributed by atoms with Gasteiger partial charge in [0.1, 0.15) is 0 Å². The van der Waals surface area contributed by atoms with Gasteiger partial charge in [-0.3, -0.25) is 14.4 Å². The van der Waals surface area contributed by atoms with Crippen molar-refractivity contribution in [3.05, 3.63) is 40.3 Å². The average Bonchev–Trinajstić information content (AvgIpc) is 3.32. The van der Waals surface area contributed by atoms with Crippen LogP contribution >= 0.6 is 11.3 Å². The van der Waals surface area contributed by atoms with E-state index in [9.17, 15) is 4.79 Å². The van der Waals surface area contributed by atoms with Crippen LogP contribution < -0.4 is 5.32 Å². The van der Waals surface area contributed by atoms with E-state index >= 15 is 0 Å². The van der Waals surface area contributed by atoms with Gasteiger partial charge in [-0.1, -0.05) is 6.07 Å².